The SMILES string of the molecule is CC(C)(C)OC(=O)N(CC1(CN2CCC(C(F)(F)F)CC2)CC1)[C@H]1C[C@@H]1c1ccccc1. The summed E-state index contributed by atoms with van der Waals surface area (Å²) < 4.78 is 44.8. The molecule has 0 unspecified atom stereocenters. The molecule has 1 aromatic carbocycles. The Morgan fingerprint density at radius 3 is 2.28 bits per heavy atom. The maximum absolute atomic E-state index is 13.1. The monoisotopic (exact) mass is 452 g/mol. The van der Waals surface area contributed by atoms with Crippen LogP contribution in [0.4, 0.5) is 18.0 Å². The molecule has 0 N–H and O–H groups in total. The number of nitrogens with zero attached hydrogens (tertiary/aromatic N) is 2. The van der Waals surface area contributed by atoms with E-state index < -0.39 is 17.7 Å². The molecule has 1 heterocycles. The molecule has 0 radical (unpaired) electrons. The lowest BCUT2D eigenvalue weighted by molar-refractivity contribution is -0.185. The quantitative estimate of drug-likeness (QED) is 0.544. The Labute approximate surface area is 189 Å². The molecule has 1 amide bonds. The van der Waals surface area contributed by atoms with Gasteiger partial charge < -0.3 is 14.5 Å². The van der Waals surface area contributed by atoms with Gasteiger partial charge in [0.15, 0.2) is 0 Å². The second-order valence-electron chi connectivity index (χ2n) is 11.0. The van der Waals surface area contributed by atoms with Gasteiger partial charge in [-0.1, -0.05) is 30.3 Å². The summed E-state index contributed by atoms with van der Waals surface area (Å²) in [5, 5.41) is 0. The first-order valence-electron chi connectivity index (χ1n) is 11.8. The normalized spacial score (nSPS) is 25.9. The third-order valence-electron chi connectivity index (χ3n) is 7.09. The summed E-state index contributed by atoms with van der Waals surface area (Å²) in [5.74, 6) is -0.854. The van der Waals surface area contributed by atoms with Crippen molar-refractivity contribution in [3.63, 3.8) is 0 Å². The fraction of sp³-hybridized carbons (Fsp3) is 0.720. The number of likely N-dealkylation sites (tertiary alicyclic amines) is 1. The number of piperidine rings is 1. The molecule has 2 saturated carbocycles. The van der Waals surface area contributed by atoms with Gasteiger partial charge in [-0.15, -0.1) is 0 Å². The first-order valence-corrected chi connectivity index (χ1v) is 11.8. The Morgan fingerprint density at radius 2 is 1.75 bits per heavy atom. The van der Waals surface area contributed by atoms with E-state index in [0.29, 0.717) is 25.6 Å². The summed E-state index contributed by atoms with van der Waals surface area (Å²) in [6.45, 7) is 7.98. The second kappa shape index (κ2) is 8.54. The molecule has 2 atom stereocenters. The van der Waals surface area contributed by atoms with Gasteiger partial charge >= 0.3 is 12.3 Å². The van der Waals surface area contributed by atoms with Gasteiger partial charge in [-0.25, -0.2) is 4.79 Å². The Balaban J connectivity index is 1.40. The van der Waals surface area contributed by atoms with Crippen LogP contribution in [0.3, 0.4) is 0 Å². The van der Waals surface area contributed by atoms with Gasteiger partial charge in [0.1, 0.15) is 5.60 Å². The summed E-state index contributed by atoms with van der Waals surface area (Å²) in [7, 11) is 0. The van der Waals surface area contributed by atoms with E-state index in [-0.39, 0.29) is 30.4 Å². The molecule has 3 aliphatic rings. The minimum atomic E-state index is -4.09. The zero-order valence-corrected chi connectivity index (χ0v) is 19.3. The van der Waals surface area contributed by atoms with Crippen molar-refractivity contribution in [2.75, 3.05) is 26.2 Å². The van der Waals surface area contributed by atoms with Crippen LogP contribution in [0.2, 0.25) is 0 Å². The van der Waals surface area contributed by atoms with E-state index in [1.165, 1.54) is 5.56 Å². The van der Waals surface area contributed by atoms with Crippen molar-refractivity contribution >= 4 is 6.09 Å². The van der Waals surface area contributed by atoms with Crippen molar-refractivity contribution in [1.82, 2.24) is 9.80 Å². The molecule has 178 valence electrons. The van der Waals surface area contributed by atoms with E-state index in [1.54, 1.807) is 0 Å². The van der Waals surface area contributed by atoms with Crippen molar-refractivity contribution in [1.29, 1.82) is 0 Å². The number of halogens is 3. The molecular formula is C25H35F3N2O2. The maximum atomic E-state index is 13.1. The first kappa shape index (κ1) is 23.4. The van der Waals surface area contributed by atoms with Crippen LogP contribution in [0.5, 0.6) is 0 Å². The molecule has 0 bridgehead atoms. The number of amides is 1. The number of carbonyl (C=O) groups excluding carboxylic acids is 1. The third-order valence-corrected chi connectivity index (χ3v) is 7.09. The molecule has 0 spiro atoms. The zero-order chi connectivity index (χ0) is 23.1. The van der Waals surface area contributed by atoms with E-state index in [4.69, 9.17) is 4.74 Å². The van der Waals surface area contributed by atoms with Gasteiger partial charge in [-0.3, -0.25) is 0 Å². The highest BCUT2D eigenvalue weighted by Crippen LogP contribution is 2.52. The van der Waals surface area contributed by atoms with Gasteiger partial charge in [0.2, 0.25) is 0 Å². The minimum absolute atomic E-state index is 0.0220. The molecule has 4 nitrogen and oxygen atoms in total. The van der Waals surface area contributed by atoms with E-state index in [0.717, 1.165) is 25.8 Å². The lowest BCUT2D eigenvalue weighted by Crippen LogP contribution is -2.46. The molecule has 1 saturated heterocycles. The van der Waals surface area contributed by atoms with Crippen molar-refractivity contribution in [2.24, 2.45) is 11.3 Å². The van der Waals surface area contributed by atoms with Crippen LogP contribution in [0, 0.1) is 11.3 Å². The van der Waals surface area contributed by atoms with Crippen LogP contribution in [0.25, 0.3) is 0 Å². The summed E-state index contributed by atoms with van der Waals surface area (Å²) in [5.41, 5.74) is 0.652. The number of hydrogen-bond acceptors (Lipinski definition) is 3. The Bertz CT molecular complexity index is 794. The maximum Gasteiger partial charge on any atom is 0.410 e. The largest absolute Gasteiger partial charge is 0.444 e. The minimum Gasteiger partial charge on any atom is -0.444 e. The summed E-state index contributed by atoms with van der Waals surface area (Å²) in [4.78, 5) is 17.2. The average molecular weight is 453 g/mol. The number of benzene rings is 1. The predicted molar refractivity (Wildman–Crippen MR) is 117 cm³/mol. The molecular weight excluding hydrogens is 417 g/mol. The first-order chi connectivity index (χ1) is 15.0. The summed E-state index contributed by atoms with van der Waals surface area (Å²) in [6, 6.07) is 10.4. The Hall–Kier alpha value is -1.76. The second-order valence-corrected chi connectivity index (χ2v) is 11.0. The molecule has 7 heteroatoms. The number of ether oxygens (including phenoxy) is 1. The smallest absolute Gasteiger partial charge is 0.410 e. The van der Waals surface area contributed by atoms with E-state index >= 15 is 0 Å². The number of hydrogen-bond donors (Lipinski definition) is 0. The lowest BCUT2D eigenvalue weighted by atomic mass is 9.94. The van der Waals surface area contributed by atoms with Crippen molar-refractivity contribution < 1.29 is 22.7 Å². The summed E-state index contributed by atoms with van der Waals surface area (Å²) >= 11 is 0. The predicted octanol–water partition coefficient (Wildman–Crippen LogP) is 5.83. The summed E-state index contributed by atoms with van der Waals surface area (Å²) in [6.07, 6.45) is -1.07. The van der Waals surface area contributed by atoms with Crippen molar-refractivity contribution in [2.45, 2.75) is 76.6 Å². The molecule has 0 aromatic heterocycles. The Morgan fingerprint density at radius 1 is 1.12 bits per heavy atom. The van der Waals surface area contributed by atoms with Gasteiger partial charge in [0.05, 0.1) is 5.92 Å². The molecule has 2 aliphatic carbocycles. The topological polar surface area (TPSA) is 32.8 Å². The van der Waals surface area contributed by atoms with Crippen LogP contribution in [-0.4, -0.2) is 59.9 Å². The fourth-order valence-electron chi connectivity index (χ4n) is 5.02. The van der Waals surface area contributed by atoms with Gasteiger partial charge in [-0.05, 0) is 71.5 Å². The number of rotatable bonds is 6. The van der Waals surface area contributed by atoms with Crippen LogP contribution < -0.4 is 0 Å². The standard InChI is InChI=1S/C25H35F3N2O2/c1-23(2,3)32-22(31)30(21-15-20(21)18-7-5-4-6-8-18)17-24(11-12-24)16-29-13-9-19(10-14-29)25(26,27)28/h4-8,19-21H,9-17H2,1-3H3/t20-,21+/m1/s1. The highest BCUT2D eigenvalue weighted by molar-refractivity contribution is 5.69. The van der Waals surface area contributed by atoms with Crippen LogP contribution in [0.15, 0.2) is 30.3 Å². The highest BCUT2D eigenvalue weighted by atomic mass is 19.4. The third kappa shape index (κ3) is 5.77. The number of carbonyl (C=O) groups is 1. The molecule has 3 fully saturated rings. The molecule has 4 rings (SSSR count). The molecule has 1 aromatic rings. The zero-order valence-electron chi connectivity index (χ0n) is 19.3. The van der Waals surface area contributed by atoms with Crippen molar-refractivity contribution in [3.8, 4) is 0 Å². The number of alkyl halides is 3. The van der Waals surface area contributed by atoms with E-state index in [9.17, 15) is 18.0 Å². The average Bonchev–Trinajstić information content (AvgIpc) is 3.62. The van der Waals surface area contributed by atoms with E-state index in [2.05, 4.69) is 17.0 Å². The van der Waals surface area contributed by atoms with Gasteiger partial charge in [0, 0.05) is 30.5 Å². The van der Waals surface area contributed by atoms with Crippen molar-refractivity contribution in [3.05, 3.63) is 35.9 Å². The van der Waals surface area contributed by atoms with Crippen LogP contribution in [-0.2, 0) is 4.74 Å². The highest BCUT2D eigenvalue weighted by Gasteiger charge is 2.53. The molecule has 1 aliphatic heterocycles. The van der Waals surface area contributed by atoms with Crippen LogP contribution in [0.1, 0.15) is 64.4 Å². The van der Waals surface area contributed by atoms with Crippen LogP contribution >= 0.6 is 0 Å². The van der Waals surface area contributed by atoms with E-state index in [1.807, 2.05) is 43.9 Å². The fourth-order valence-corrected chi connectivity index (χ4v) is 5.02. The van der Waals surface area contributed by atoms with Gasteiger partial charge in [0.25, 0.3) is 0 Å². The Kier molecular flexibility index (Phi) is 6.25. The van der Waals surface area contributed by atoms with Gasteiger partial charge in [-0.2, -0.15) is 13.2 Å². The lowest BCUT2D eigenvalue weighted by Gasteiger charge is -2.37. The molecule has 32 heavy (non-hydrogen) atoms.